The molecule has 0 spiro atoms. The molecule has 0 bridgehead atoms. The molecule has 1 heterocycles. The van der Waals surface area contributed by atoms with E-state index in [1.54, 1.807) is 12.2 Å². The van der Waals surface area contributed by atoms with Crippen LogP contribution in [0.3, 0.4) is 0 Å². The predicted molar refractivity (Wildman–Crippen MR) is 83.7 cm³/mol. The van der Waals surface area contributed by atoms with E-state index in [2.05, 4.69) is 17.6 Å². The third-order valence-corrected chi connectivity index (χ3v) is 3.96. The molecule has 1 aliphatic heterocycles. The average Bonchev–Trinajstić information content (AvgIpc) is 2.47. The Hall–Kier alpha value is -1.32. The number of amides is 1. The molecule has 0 aromatic heterocycles. The van der Waals surface area contributed by atoms with Crippen LogP contribution >= 0.6 is 11.6 Å². The third kappa shape index (κ3) is 4.66. The highest BCUT2D eigenvalue weighted by atomic mass is 35.5. The number of carbonyl (C=O) groups is 1. The van der Waals surface area contributed by atoms with Gasteiger partial charge in [0.2, 0.25) is 5.91 Å². The Morgan fingerprint density at radius 1 is 1.45 bits per heavy atom. The zero-order valence-electron chi connectivity index (χ0n) is 11.7. The summed E-state index contributed by atoms with van der Waals surface area (Å²) in [6.45, 7) is 4.15. The minimum Gasteiger partial charge on any atom is -0.350 e. The second kappa shape index (κ2) is 7.46. The fraction of sp³-hybridized carbons (Fsp3) is 0.438. The first-order valence-corrected chi connectivity index (χ1v) is 7.48. The van der Waals surface area contributed by atoms with Gasteiger partial charge in [0.05, 0.1) is 0 Å². The Morgan fingerprint density at radius 3 is 2.85 bits per heavy atom. The summed E-state index contributed by atoms with van der Waals surface area (Å²) in [6.07, 6.45) is 5.74. The van der Waals surface area contributed by atoms with Gasteiger partial charge >= 0.3 is 0 Å². The molecular weight excluding hydrogens is 272 g/mol. The van der Waals surface area contributed by atoms with Crippen LogP contribution in [-0.2, 0) is 4.79 Å². The zero-order valence-corrected chi connectivity index (χ0v) is 12.5. The summed E-state index contributed by atoms with van der Waals surface area (Å²) >= 11 is 5.82. The summed E-state index contributed by atoms with van der Waals surface area (Å²) in [4.78, 5) is 11.9. The van der Waals surface area contributed by atoms with E-state index < -0.39 is 0 Å². The smallest absolute Gasteiger partial charge is 0.244 e. The van der Waals surface area contributed by atoms with E-state index in [1.165, 1.54) is 12.8 Å². The quantitative estimate of drug-likeness (QED) is 0.838. The molecule has 3 nitrogen and oxygen atoms in total. The molecule has 0 radical (unpaired) electrons. The molecule has 1 amide bonds. The van der Waals surface area contributed by atoms with Crippen molar-refractivity contribution in [2.24, 2.45) is 5.92 Å². The molecule has 1 saturated heterocycles. The van der Waals surface area contributed by atoms with Crippen LogP contribution < -0.4 is 10.6 Å². The highest BCUT2D eigenvalue weighted by molar-refractivity contribution is 6.30. The van der Waals surface area contributed by atoms with E-state index in [1.807, 2.05) is 24.3 Å². The van der Waals surface area contributed by atoms with Gasteiger partial charge in [-0.2, -0.15) is 0 Å². The summed E-state index contributed by atoms with van der Waals surface area (Å²) in [7, 11) is 0. The molecule has 0 aliphatic carbocycles. The third-order valence-electron chi connectivity index (χ3n) is 3.71. The van der Waals surface area contributed by atoms with E-state index in [4.69, 9.17) is 11.6 Å². The minimum atomic E-state index is -0.0435. The zero-order chi connectivity index (χ0) is 14.4. The van der Waals surface area contributed by atoms with Crippen molar-refractivity contribution in [2.45, 2.75) is 25.8 Å². The molecule has 1 fully saturated rings. The van der Waals surface area contributed by atoms with Crippen molar-refractivity contribution >= 4 is 23.6 Å². The van der Waals surface area contributed by atoms with Crippen LogP contribution in [0.5, 0.6) is 0 Å². The van der Waals surface area contributed by atoms with Crippen LogP contribution in [0, 0.1) is 5.92 Å². The SMILES string of the molecule is CC(NC(=O)C=Cc1ccc(Cl)cc1)C1CCCNC1. The van der Waals surface area contributed by atoms with Crippen molar-refractivity contribution in [3.05, 3.63) is 40.9 Å². The molecule has 0 saturated carbocycles. The number of hydrogen-bond donors (Lipinski definition) is 2. The Bertz CT molecular complexity index is 464. The summed E-state index contributed by atoms with van der Waals surface area (Å²) in [5.74, 6) is 0.481. The standard InChI is InChI=1S/C16H21ClN2O/c1-12(14-3-2-10-18-11-14)19-16(20)9-6-13-4-7-15(17)8-5-13/h4-9,12,14,18H,2-3,10-11H2,1H3,(H,19,20). The van der Waals surface area contributed by atoms with Gasteiger partial charge < -0.3 is 10.6 Å². The second-order valence-corrected chi connectivity index (χ2v) is 5.73. The normalized spacial score (nSPS) is 20.8. The van der Waals surface area contributed by atoms with Gasteiger partial charge in [-0.25, -0.2) is 0 Å². The lowest BCUT2D eigenvalue weighted by Gasteiger charge is -2.28. The first-order valence-electron chi connectivity index (χ1n) is 7.10. The molecule has 1 aliphatic rings. The molecule has 2 N–H and O–H groups in total. The van der Waals surface area contributed by atoms with Gasteiger partial charge in [-0.3, -0.25) is 4.79 Å². The minimum absolute atomic E-state index is 0.0435. The summed E-state index contributed by atoms with van der Waals surface area (Å²) in [5, 5.41) is 7.11. The van der Waals surface area contributed by atoms with Crippen molar-refractivity contribution in [1.82, 2.24) is 10.6 Å². The maximum Gasteiger partial charge on any atom is 0.244 e. The lowest BCUT2D eigenvalue weighted by Crippen LogP contribution is -2.44. The predicted octanol–water partition coefficient (Wildman–Crippen LogP) is 2.86. The topological polar surface area (TPSA) is 41.1 Å². The maximum absolute atomic E-state index is 11.9. The number of nitrogens with one attached hydrogen (secondary N) is 2. The second-order valence-electron chi connectivity index (χ2n) is 5.29. The largest absolute Gasteiger partial charge is 0.350 e. The number of halogens is 1. The van der Waals surface area contributed by atoms with Crippen LogP contribution in [-0.4, -0.2) is 25.0 Å². The van der Waals surface area contributed by atoms with Crippen LogP contribution in [0.25, 0.3) is 6.08 Å². The maximum atomic E-state index is 11.9. The number of rotatable bonds is 4. The summed E-state index contributed by atoms with van der Waals surface area (Å²) in [6, 6.07) is 7.61. The van der Waals surface area contributed by atoms with Crippen molar-refractivity contribution in [1.29, 1.82) is 0 Å². The van der Waals surface area contributed by atoms with Gasteiger partial charge in [-0.1, -0.05) is 23.7 Å². The molecule has 2 atom stereocenters. The van der Waals surface area contributed by atoms with Crippen LogP contribution in [0.4, 0.5) is 0 Å². The van der Waals surface area contributed by atoms with Crippen LogP contribution in [0.2, 0.25) is 5.02 Å². The van der Waals surface area contributed by atoms with Gasteiger partial charge in [0.1, 0.15) is 0 Å². The fourth-order valence-corrected chi connectivity index (χ4v) is 2.57. The van der Waals surface area contributed by atoms with Gasteiger partial charge in [0.15, 0.2) is 0 Å². The molecule has 2 rings (SSSR count). The van der Waals surface area contributed by atoms with Crippen LogP contribution in [0.1, 0.15) is 25.3 Å². The van der Waals surface area contributed by atoms with Gasteiger partial charge in [0.25, 0.3) is 0 Å². The highest BCUT2D eigenvalue weighted by Crippen LogP contribution is 2.14. The molecule has 1 aromatic rings. The lowest BCUT2D eigenvalue weighted by atomic mass is 9.93. The first-order chi connectivity index (χ1) is 9.65. The van der Waals surface area contributed by atoms with E-state index >= 15 is 0 Å². The Labute approximate surface area is 125 Å². The van der Waals surface area contributed by atoms with Gasteiger partial charge in [-0.05, 0) is 62.5 Å². The number of piperidine rings is 1. The molecule has 4 heteroatoms. The molecule has 108 valence electrons. The number of carbonyl (C=O) groups excluding carboxylic acids is 1. The van der Waals surface area contributed by atoms with E-state index in [-0.39, 0.29) is 11.9 Å². The number of benzene rings is 1. The Balaban J connectivity index is 1.83. The van der Waals surface area contributed by atoms with Crippen molar-refractivity contribution in [3.8, 4) is 0 Å². The Morgan fingerprint density at radius 2 is 2.20 bits per heavy atom. The Kier molecular flexibility index (Phi) is 5.62. The molecule has 20 heavy (non-hydrogen) atoms. The number of hydrogen-bond acceptors (Lipinski definition) is 2. The van der Waals surface area contributed by atoms with Crippen LogP contribution in [0.15, 0.2) is 30.3 Å². The molecule has 2 unspecified atom stereocenters. The summed E-state index contributed by atoms with van der Waals surface area (Å²) < 4.78 is 0. The van der Waals surface area contributed by atoms with Crippen molar-refractivity contribution < 1.29 is 4.79 Å². The average molecular weight is 293 g/mol. The molecule has 1 aromatic carbocycles. The highest BCUT2D eigenvalue weighted by Gasteiger charge is 2.20. The van der Waals surface area contributed by atoms with E-state index in [0.717, 1.165) is 18.7 Å². The van der Waals surface area contributed by atoms with E-state index in [9.17, 15) is 4.79 Å². The fourth-order valence-electron chi connectivity index (χ4n) is 2.44. The van der Waals surface area contributed by atoms with E-state index in [0.29, 0.717) is 10.9 Å². The summed E-state index contributed by atoms with van der Waals surface area (Å²) in [5.41, 5.74) is 0.969. The lowest BCUT2D eigenvalue weighted by molar-refractivity contribution is -0.117. The van der Waals surface area contributed by atoms with Gasteiger partial charge in [-0.15, -0.1) is 0 Å². The van der Waals surface area contributed by atoms with Crippen molar-refractivity contribution in [2.75, 3.05) is 13.1 Å². The molecular formula is C16H21ClN2O. The van der Waals surface area contributed by atoms with Crippen molar-refractivity contribution in [3.63, 3.8) is 0 Å². The monoisotopic (exact) mass is 292 g/mol. The first kappa shape index (κ1) is 15.1. The van der Waals surface area contributed by atoms with Gasteiger partial charge in [0, 0.05) is 17.1 Å².